The highest BCUT2D eigenvalue weighted by atomic mass is 32.2. The van der Waals surface area contributed by atoms with Crippen LogP contribution >= 0.6 is 0 Å². The molecule has 3 fully saturated rings. The van der Waals surface area contributed by atoms with E-state index in [-0.39, 0.29) is 35.7 Å². The summed E-state index contributed by atoms with van der Waals surface area (Å²) in [5, 5.41) is 14.0. The molecule has 20 heteroatoms. The Labute approximate surface area is 314 Å². The molecule has 1 aromatic carbocycles. The van der Waals surface area contributed by atoms with E-state index in [0.29, 0.717) is 32.1 Å². The van der Waals surface area contributed by atoms with E-state index >= 15 is 0 Å². The third-order valence-electron chi connectivity index (χ3n) is 10.5. The van der Waals surface area contributed by atoms with Crippen molar-refractivity contribution in [2.45, 2.75) is 87.0 Å². The quantitative estimate of drug-likeness (QED) is 0.270. The maximum Gasteiger partial charge on any atom is 0.438 e. The van der Waals surface area contributed by atoms with E-state index in [1.54, 1.807) is 6.08 Å². The number of benzene rings is 1. The average Bonchev–Trinajstić information content (AvgIpc) is 4.04. The fourth-order valence-electron chi connectivity index (χ4n) is 7.39. The first kappa shape index (κ1) is 40.0. The van der Waals surface area contributed by atoms with Gasteiger partial charge in [0.1, 0.15) is 29.5 Å². The van der Waals surface area contributed by atoms with Crippen LogP contribution in [0.15, 0.2) is 30.4 Å². The van der Waals surface area contributed by atoms with Crippen molar-refractivity contribution in [2.75, 3.05) is 27.4 Å². The topological polar surface area (TPSA) is 215 Å². The largest absolute Gasteiger partial charge is 0.497 e. The van der Waals surface area contributed by atoms with Crippen molar-refractivity contribution >= 4 is 44.9 Å². The maximum absolute atomic E-state index is 14.5. The number of carboxylic acid groups (broad SMARTS) is 1. The summed E-state index contributed by atoms with van der Waals surface area (Å²) in [5.74, 6) is -4.77. The molecule has 2 aliphatic heterocycles. The average molecular weight is 797 g/mol. The fourth-order valence-corrected chi connectivity index (χ4v) is 8.76. The summed E-state index contributed by atoms with van der Waals surface area (Å²) in [6.07, 6.45) is -2.46. The number of carbonyl (C=O) groups excluding carboxylic acids is 3. The predicted molar refractivity (Wildman–Crippen MR) is 187 cm³/mol. The highest BCUT2D eigenvalue weighted by molar-refractivity contribution is 7.91. The monoisotopic (exact) mass is 796 g/mol. The molecule has 16 nitrogen and oxygen atoms in total. The van der Waals surface area contributed by atoms with Crippen LogP contribution in [0.1, 0.15) is 57.6 Å². The molecular formula is C35H43F3N6O10S. The van der Waals surface area contributed by atoms with Crippen LogP contribution in [-0.4, -0.2) is 109 Å². The zero-order valence-corrected chi connectivity index (χ0v) is 31.1. The lowest BCUT2D eigenvalue weighted by Gasteiger charge is -2.33. The van der Waals surface area contributed by atoms with Crippen LogP contribution in [0.2, 0.25) is 0 Å². The number of aromatic nitrogens is 2. The summed E-state index contributed by atoms with van der Waals surface area (Å²) < 4.78 is 87.1. The molecule has 6 rings (SSSR count). The lowest BCUT2D eigenvalue weighted by molar-refractivity contribution is -0.143. The molecule has 4 amide bonds. The molecule has 0 bridgehead atoms. The summed E-state index contributed by atoms with van der Waals surface area (Å²) in [6.45, 7) is 1.38. The first-order chi connectivity index (χ1) is 25.9. The Balaban J connectivity index is 1.39. The van der Waals surface area contributed by atoms with E-state index in [9.17, 15) is 45.9 Å². The predicted octanol–water partition coefficient (Wildman–Crippen LogP) is 2.76. The van der Waals surface area contributed by atoms with Gasteiger partial charge in [-0.15, -0.1) is 0 Å². The van der Waals surface area contributed by atoms with E-state index < -0.39 is 105 Å². The summed E-state index contributed by atoms with van der Waals surface area (Å²) >= 11 is 0. The van der Waals surface area contributed by atoms with E-state index in [1.807, 2.05) is 13.0 Å². The molecule has 0 radical (unpaired) electrons. The van der Waals surface area contributed by atoms with Crippen LogP contribution < -0.4 is 24.8 Å². The molecule has 4 aliphatic rings. The number of hydrogen-bond donors (Lipinski definition) is 4. The number of rotatable bonds is 9. The second-order valence-corrected chi connectivity index (χ2v) is 16.6. The van der Waals surface area contributed by atoms with Crippen LogP contribution in [0.4, 0.5) is 18.0 Å². The second kappa shape index (κ2) is 15.4. The van der Waals surface area contributed by atoms with Gasteiger partial charge in [0, 0.05) is 31.4 Å². The number of sulfonamides is 1. The third-order valence-corrected chi connectivity index (χ3v) is 12.3. The molecular weight excluding hydrogens is 753 g/mol. The van der Waals surface area contributed by atoms with Gasteiger partial charge in [-0.25, -0.2) is 23.2 Å². The van der Waals surface area contributed by atoms with Crippen molar-refractivity contribution in [1.29, 1.82) is 0 Å². The van der Waals surface area contributed by atoms with Gasteiger partial charge in [0.2, 0.25) is 33.4 Å². The minimum absolute atomic E-state index is 0.00759. The van der Waals surface area contributed by atoms with Gasteiger partial charge in [-0.1, -0.05) is 19.1 Å². The Bertz CT molecular complexity index is 1980. The molecule has 2 aliphatic carbocycles. The third kappa shape index (κ3) is 8.74. The van der Waals surface area contributed by atoms with E-state index in [1.165, 1.54) is 32.4 Å². The zero-order chi connectivity index (χ0) is 39.9. The first-order valence-corrected chi connectivity index (χ1v) is 19.4. The van der Waals surface area contributed by atoms with Gasteiger partial charge in [-0.05, 0) is 56.6 Å². The van der Waals surface area contributed by atoms with Crippen molar-refractivity contribution in [3.63, 3.8) is 0 Å². The number of ether oxygens (including phenoxy) is 3. The number of allylic oxidation sites excluding steroid dienone is 1. The summed E-state index contributed by atoms with van der Waals surface area (Å²) in [4.78, 5) is 63.4. The highest BCUT2D eigenvalue weighted by Crippen LogP contribution is 2.46. The lowest BCUT2D eigenvalue weighted by Crippen LogP contribution is -2.59. The molecule has 300 valence electrons. The van der Waals surface area contributed by atoms with Crippen molar-refractivity contribution in [3.8, 4) is 11.6 Å². The van der Waals surface area contributed by atoms with E-state index in [4.69, 9.17) is 14.2 Å². The van der Waals surface area contributed by atoms with Crippen molar-refractivity contribution in [3.05, 3.63) is 36.0 Å². The van der Waals surface area contributed by atoms with Crippen LogP contribution in [-0.2, 0) is 35.3 Å². The van der Waals surface area contributed by atoms with Gasteiger partial charge >= 0.3 is 12.3 Å². The number of nitrogens with one attached hydrogen (secondary N) is 3. The molecule has 1 aromatic heterocycles. The van der Waals surface area contributed by atoms with Gasteiger partial charge in [0.25, 0.3) is 5.91 Å². The number of hydrogen-bond acceptors (Lipinski definition) is 11. The molecule has 3 heterocycles. The number of nitrogens with zero attached hydrogens (tertiary/aromatic N) is 3. The van der Waals surface area contributed by atoms with Gasteiger partial charge in [-0.3, -0.25) is 19.1 Å². The second-order valence-electron chi connectivity index (χ2n) is 14.6. The minimum atomic E-state index is -5.03. The molecule has 55 heavy (non-hydrogen) atoms. The van der Waals surface area contributed by atoms with Gasteiger partial charge in [-0.2, -0.15) is 13.2 Å². The Morgan fingerprint density at radius 3 is 2.51 bits per heavy atom. The Kier molecular flexibility index (Phi) is 11.2. The molecule has 2 saturated carbocycles. The number of halogens is 3. The molecule has 1 saturated heterocycles. The van der Waals surface area contributed by atoms with Crippen LogP contribution in [0.5, 0.6) is 11.6 Å². The van der Waals surface area contributed by atoms with Gasteiger partial charge < -0.3 is 34.9 Å². The number of amides is 4. The highest BCUT2D eigenvalue weighted by Gasteiger charge is 2.62. The smallest absolute Gasteiger partial charge is 0.438 e. The van der Waals surface area contributed by atoms with Crippen molar-refractivity contribution < 1.29 is 60.1 Å². The molecule has 0 unspecified atom stereocenters. The number of fused-ring (bicyclic) bond motifs is 3. The Morgan fingerprint density at radius 2 is 1.85 bits per heavy atom. The van der Waals surface area contributed by atoms with Crippen molar-refractivity contribution in [1.82, 2.24) is 30.2 Å². The Morgan fingerprint density at radius 1 is 1.11 bits per heavy atom. The molecule has 7 atom stereocenters. The number of alkyl halides is 3. The first-order valence-electron chi connectivity index (χ1n) is 17.9. The minimum Gasteiger partial charge on any atom is -0.497 e. The van der Waals surface area contributed by atoms with Gasteiger partial charge in [0.15, 0.2) is 0 Å². The summed E-state index contributed by atoms with van der Waals surface area (Å²) in [6, 6.07) is 1.11. The lowest BCUT2D eigenvalue weighted by atomic mass is 9.87. The van der Waals surface area contributed by atoms with Crippen molar-refractivity contribution in [2.24, 2.45) is 17.8 Å². The number of methoxy groups -OCH3 is 2. The summed E-state index contributed by atoms with van der Waals surface area (Å²) in [7, 11) is -1.27. The van der Waals surface area contributed by atoms with Crippen LogP contribution in [0.25, 0.3) is 11.0 Å². The van der Waals surface area contributed by atoms with Crippen LogP contribution in [0, 0.1) is 17.8 Å². The Hall–Kier alpha value is -4.72. The fraction of sp³-hybridized carbons (Fsp3) is 0.600. The SMILES string of the molecule is COC[C@@H]1C[C@@H](C)CCC=C[C@@H]2C[C@@]2(C(=O)NS(=O)(=O)C2CC2)NC(=O)[C@@H]2C[C@@H](Oc3nc4cc(OC)ccc4nc3C(F)(F)F)CN2C(=O)[C@H]1NC(=O)O. The van der Waals surface area contributed by atoms with Crippen LogP contribution in [0.3, 0.4) is 0 Å². The van der Waals surface area contributed by atoms with Gasteiger partial charge in [0.05, 0.1) is 36.5 Å². The molecule has 4 N–H and O–H groups in total. The van der Waals surface area contributed by atoms with E-state index in [0.717, 1.165) is 4.90 Å². The zero-order valence-electron chi connectivity index (χ0n) is 30.3. The molecule has 2 aromatic rings. The standard InChI is InChI=1S/C35H43F3N6O10S/c1-18-6-4-5-7-20-15-34(20,32(47)43-55(50,51)23-9-10-23)42-29(45)26-14-22(16-44(26)31(46)27(41-33(48)49)19(12-18)17-52-2)54-30-28(35(36,37)38)39-24-11-8-21(53-3)13-25(24)40-30/h5,7-8,11,13,18-20,22-23,26-27,41H,4,6,9-10,12,14-17H2,1-3H3,(H,42,45)(H,43,47)(H,48,49)/t18-,19-,20+,22+,26-,27-,34+/m0/s1. The molecule has 0 spiro atoms. The maximum atomic E-state index is 14.5. The summed E-state index contributed by atoms with van der Waals surface area (Å²) in [5.41, 5.74) is -3.26. The number of carbonyl (C=O) groups is 4. The van der Waals surface area contributed by atoms with E-state index in [2.05, 4.69) is 25.3 Å². The normalized spacial score (nSPS) is 28.9.